The van der Waals surface area contributed by atoms with E-state index in [9.17, 15) is 24.2 Å². The highest BCUT2D eigenvalue weighted by molar-refractivity contribution is 6.30. The zero-order valence-corrected chi connectivity index (χ0v) is 17.2. The molecule has 5 nitrogen and oxygen atoms in total. The Morgan fingerprint density at radius 3 is 2.38 bits per heavy atom. The first-order valence-electron chi connectivity index (χ1n) is 9.07. The van der Waals surface area contributed by atoms with E-state index in [1.165, 1.54) is 28.8 Å². The molecule has 0 aliphatic carbocycles. The Hall–Kier alpha value is -2.86. The van der Waals surface area contributed by atoms with Crippen LogP contribution in [-0.2, 0) is 10.2 Å². The molecule has 1 aromatic heterocycles. The number of phenolic OH excluding ortho intramolecular Hbond substituents is 1. The zero-order chi connectivity index (χ0) is 21.7. The Bertz CT molecular complexity index is 1150. The van der Waals surface area contributed by atoms with Crippen LogP contribution in [0.5, 0.6) is 5.75 Å². The number of nitrogens with zero attached hydrogens (tertiary/aromatic N) is 1. The fraction of sp³-hybridized carbons (Fsp3) is 0.273. The van der Waals surface area contributed by atoms with Gasteiger partial charge in [0.15, 0.2) is 0 Å². The molecule has 0 bridgehead atoms. The molecule has 7 heteroatoms. The predicted molar refractivity (Wildman–Crippen MR) is 109 cm³/mol. The maximum Gasteiger partial charge on any atom is 0.314 e. The predicted octanol–water partition coefficient (Wildman–Crippen LogP) is 5.13. The second kappa shape index (κ2) is 7.19. The number of aromatic hydroxyl groups is 1. The number of phenols is 1. The van der Waals surface area contributed by atoms with Crippen LogP contribution in [0.25, 0.3) is 10.9 Å². The Morgan fingerprint density at radius 1 is 1.17 bits per heavy atom. The number of fused-ring (bicyclic) bond motifs is 1. The maximum atomic E-state index is 13.9. The topological polar surface area (TPSA) is 79.5 Å². The van der Waals surface area contributed by atoms with Gasteiger partial charge in [0.1, 0.15) is 11.6 Å². The molecular formula is C22H21ClFNO4. The number of aromatic nitrogens is 1. The lowest BCUT2D eigenvalue weighted by molar-refractivity contribution is -0.145. The molecule has 3 aromatic rings. The molecule has 0 fully saturated rings. The molecule has 2 aromatic carbocycles. The molecule has 29 heavy (non-hydrogen) atoms. The van der Waals surface area contributed by atoms with Gasteiger partial charge in [-0.25, -0.2) is 4.39 Å². The molecule has 152 valence electrons. The summed E-state index contributed by atoms with van der Waals surface area (Å²) in [6.07, 6.45) is 0. The van der Waals surface area contributed by atoms with Gasteiger partial charge in [-0.2, -0.15) is 0 Å². The van der Waals surface area contributed by atoms with Gasteiger partial charge in [-0.1, -0.05) is 25.4 Å². The Labute approximate surface area is 172 Å². The van der Waals surface area contributed by atoms with E-state index >= 15 is 0 Å². The van der Waals surface area contributed by atoms with E-state index < -0.39 is 23.1 Å². The van der Waals surface area contributed by atoms with Crippen LogP contribution in [0.1, 0.15) is 42.4 Å². The first-order valence-corrected chi connectivity index (χ1v) is 9.45. The minimum Gasteiger partial charge on any atom is -0.508 e. The van der Waals surface area contributed by atoms with Crippen molar-refractivity contribution in [3.63, 3.8) is 0 Å². The van der Waals surface area contributed by atoms with Crippen molar-refractivity contribution in [3.8, 4) is 5.75 Å². The number of halogens is 2. The summed E-state index contributed by atoms with van der Waals surface area (Å²) in [6.45, 7) is 6.83. The molecule has 3 rings (SSSR count). The third-order valence-corrected chi connectivity index (χ3v) is 5.98. The van der Waals surface area contributed by atoms with Crippen molar-refractivity contribution >= 4 is 34.4 Å². The highest BCUT2D eigenvalue weighted by atomic mass is 35.5. The summed E-state index contributed by atoms with van der Waals surface area (Å²) in [6, 6.07) is 8.19. The number of carbonyl (C=O) groups is 2. The van der Waals surface area contributed by atoms with Gasteiger partial charge >= 0.3 is 5.97 Å². The van der Waals surface area contributed by atoms with Gasteiger partial charge in [0.05, 0.1) is 16.0 Å². The number of rotatable bonds is 4. The molecule has 2 N–H and O–H groups in total. The number of hydrogen-bond donors (Lipinski definition) is 2. The van der Waals surface area contributed by atoms with Gasteiger partial charge in [0.2, 0.25) is 0 Å². The summed E-state index contributed by atoms with van der Waals surface area (Å²) in [5, 5.41) is 20.4. The van der Waals surface area contributed by atoms with Crippen LogP contribution in [0.3, 0.4) is 0 Å². The normalized spacial score (nSPS) is 13.6. The number of benzene rings is 2. The maximum absolute atomic E-state index is 13.9. The fourth-order valence-electron chi connectivity index (χ4n) is 3.72. The lowest BCUT2D eigenvalue weighted by atomic mass is 9.72. The molecular weight excluding hydrogens is 397 g/mol. The first-order chi connectivity index (χ1) is 13.5. The van der Waals surface area contributed by atoms with Crippen molar-refractivity contribution in [1.82, 2.24) is 4.57 Å². The van der Waals surface area contributed by atoms with Crippen LogP contribution in [0, 0.1) is 18.7 Å². The quantitative estimate of drug-likeness (QED) is 0.616. The summed E-state index contributed by atoms with van der Waals surface area (Å²) >= 11 is 5.72. The van der Waals surface area contributed by atoms with Crippen LogP contribution in [0.2, 0.25) is 5.02 Å². The summed E-state index contributed by atoms with van der Waals surface area (Å²) < 4.78 is 15.3. The molecule has 1 heterocycles. The second-order valence-electron chi connectivity index (χ2n) is 7.59. The lowest BCUT2D eigenvalue weighted by Gasteiger charge is -2.30. The van der Waals surface area contributed by atoms with E-state index in [0.29, 0.717) is 22.2 Å². The van der Waals surface area contributed by atoms with E-state index in [-0.39, 0.29) is 22.3 Å². The molecule has 1 atom stereocenters. The van der Waals surface area contributed by atoms with E-state index in [1.807, 2.05) is 0 Å². The molecule has 0 saturated heterocycles. The van der Waals surface area contributed by atoms with E-state index in [0.717, 1.165) is 6.07 Å². The third-order valence-electron chi connectivity index (χ3n) is 5.68. The average molecular weight is 418 g/mol. The van der Waals surface area contributed by atoms with Gasteiger partial charge in [0.25, 0.3) is 5.91 Å². The SMILES string of the molecule is Cc1c([C@](C)(C(=O)O)C(C)C)c2cc(O)ccc2n1C(=O)c1ccc(Cl)c(F)c1. The molecule has 0 aliphatic heterocycles. The van der Waals surface area contributed by atoms with Crippen LogP contribution < -0.4 is 0 Å². The molecule has 0 spiro atoms. The standard InChI is InChI=1S/C22H21ClFNO4/c1-11(2)22(4,21(28)29)19-12(3)25(18-8-6-14(26)10-15(18)19)20(27)13-5-7-16(23)17(24)9-13/h5-11,26H,1-4H3,(H,28,29)/t22-/m1/s1. The summed E-state index contributed by atoms with van der Waals surface area (Å²) in [4.78, 5) is 25.5. The highest BCUT2D eigenvalue weighted by Gasteiger charge is 2.43. The summed E-state index contributed by atoms with van der Waals surface area (Å²) in [7, 11) is 0. The van der Waals surface area contributed by atoms with Crippen molar-refractivity contribution in [2.75, 3.05) is 0 Å². The van der Waals surface area contributed by atoms with Crippen molar-refractivity contribution in [1.29, 1.82) is 0 Å². The molecule has 0 aliphatic rings. The van der Waals surface area contributed by atoms with Gasteiger partial charge in [-0.3, -0.25) is 14.2 Å². The second-order valence-corrected chi connectivity index (χ2v) is 8.00. The van der Waals surface area contributed by atoms with Crippen molar-refractivity contribution in [3.05, 3.63) is 64.1 Å². The first kappa shape index (κ1) is 20.9. The monoisotopic (exact) mass is 417 g/mol. The Kier molecular flexibility index (Phi) is 5.17. The van der Waals surface area contributed by atoms with Gasteiger partial charge < -0.3 is 10.2 Å². The number of carboxylic acid groups (broad SMARTS) is 1. The van der Waals surface area contributed by atoms with Crippen molar-refractivity contribution < 1.29 is 24.2 Å². The molecule has 0 unspecified atom stereocenters. The van der Waals surface area contributed by atoms with Crippen LogP contribution >= 0.6 is 11.6 Å². The summed E-state index contributed by atoms with van der Waals surface area (Å²) in [5.41, 5.74) is 0.0579. The van der Waals surface area contributed by atoms with Crippen LogP contribution in [0.15, 0.2) is 36.4 Å². The molecule has 0 saturated carbocycles. The third kappa shape index (κ3) is 3.17. The molecule has 0 radical (unpaired) electrons. The van der Waals surface area contributed by atoms with Crippen LogP contribution in [0.4, 0.5) is 4.39 Å². The van der Waals surface area contributed by atoms with E-state index in [2.05, 4.69) is 0 Å². The van der Waals surface area contributed by atoms with Crippen LogP contribution in [-0.4, -0.2) is 26.7 Å². The van der Waals surface area contributed by atoms with E-state index in [4.69, 9.17) is 11.6 Å². The van der Waals surface area contributed by atoms with Crippen molar-refractivity contribution in [2.24, 2.45) is 5.92 Å². The number of carbonyl (C=O) groups excluding carboxylic acids is 1. The number of hydrogen-bond acceptors (Lipinski definition) is 3. The minimum absolute atomic E-state index is 0.0441. The minimum atomic E-state index is -1.31. The van der Waals surface area contributed by atoms with Gasteiger partial charge in [-0.05, 0) is 61.7 Å². The van der Waals surface area contributed by atoms with E-state index in [1.54, 1.807) is 33.8 Å². The lowest BCUT2D eigenvalue weighted by Crippen LogP contribution is -2.38. The number of aliphatic carboxylic acids is 1. The Morgan fingerprint density at radius 2 is 1.83 bits per heavy atom. The largest absolute Gasteiger partial charge is 0.508 e. The smallest absolute Gasteiger partial charge is 0.314 e. The fourth-order valence-corrected chi connectivity index (χ4v) is 3.84. The highest BCUT2D eigenvalue weighted by Crippen LogP contribution is 2.42. The number of carboxylic acids is 1. The van der Waals surface area contributed by atoms with Gasteiger partial charge in [-0.15, -0.1) is 0 Å². The Balaban J connectivity index is 2.38. The average Bonchev–Trinajstić information content (AvgIpc) is 2.93. The summed E-state index contributed by atoms with van der Waals surface area (Å²) in [5.74, 6) is -2.62. The van der Waals surface area contributed by atoms with Crippen molar-refractivity contribution in [2.45, 2.75) is 33.1 Å². The zero-order valence-electron chi connectivity index (χ0n) is 16.5. The van der Waals surface area contributed by atoms with Gasteiger partial charge in [0, 0.05) is 16.6 Å². The molecule has 0 amide bonds.